The summed E-state index contributed by atoms with van der Waals surface area (Å²) in [5, 5.41) is 10.5. The topological polar surface area (TPSA) is 37.3 Å². The Morgan fingerprint density at radius 1 is 1.28 bits per heavy atom. The van der Waals surface area contributed by atoms with Gasteiger partial charge < -0.3 is 5.11 Å². The monoisotopic (exact) mass is 262 g/mol. The number of hydrogen-bond donors (Lipinski definition) is 1. The van der Waals surface area contributed by atoms with Gasteiger partial charge in [-0.1, -0.05) is 18.2 Å². The van der Waals surface area contributed by atoms with Crippen LogP contribution in [0.5, 0.6) is 0 Å². The van der Waals surface area contributed by atoms with Crippen LogP contribution in [0.3, 0.4) is 0 Å². The number of rotatable bonds is 4. The molecule has 1 unspecified atom stereocenters. The van der Waals surface area contributed by atoms with Crippen LogP contribution in [0.1, 0.15) is 32.1 Å². The highest BCUT2D eigenvalue weighted by Crippen LogP contribution is 2.56. The lowest BCUT2D eigenvalue weighted by atomic mass is 9.96. The van der Waals surface area contributed by atoms with Gasteiger partial charge >= 0.3 is 0 Å². The fourth-order valence-electron chi connectivity index (χ4n) is 2.85. The van der Waals surface area contributed by atoms with Crippen molar-refractivity contribution in [3.05, 3.63) is 30.3 Å². The lowest BCUT2D eigenvalue weighted by molar-refractivity contribution is -0.123. The average Bonchev–Trinajstić information content (AvgIpc) is 3.04. The zero-order chi connectivity index (χ0) is 12.6. The van der Waals surface area contributed by atoms with E-state index < -0.39 is 6.10 Å². The molecule has 18 heavy (non-hydrogen) atoms. The molecule has 0 amide bonds. The highest BCUT2D eigenvalue weighted by Gasteiger charge is 2.54. The molecule has 0 radical (unpaired) electrons. The Labute approximate surface area is 112 Å². The first kappa shape index (κ1) is 12.2. The summed E-state index contributed by atoms with van der Waals surface area (Å²) in [5.41, 5.74) is 0. The normalized spacial score (nSPS) is 27.2. The summed E-state index contributed by atoms with van der Waals surface area (Å²) < 4.78 is -0.0912. The van der Waals surface area contributed by atoms with Crippen LogP contribution in [0.25, 0.3) is 0 Å². The number of Topliss-reactive ketones (excluding diaryl/α,β-unsaturated/α-hetero) is 1. The van der Waals surface area contributed by atoms with Crippen molar-refractivity contribution in [2.45, 2.75) is 47.9 Å². The Bertz CT molecular complexity index is 439. The van der Waals surface area contributed by atoms with Crippen LogP contribution in [0.2, 0.25) is 0 Å². The van der Waals surface area contributed by atoms with Crippen molar-refractivity contribution in [2.24, 2.45) is 5.92 Å². The molecule has 0 saturated heterocycles. The van der Waals surface area contributed by atoms with E-state index in [1.165, 1.54) is 4.90 Å². The SMILES string of the molecule is O=C1CCCC1[C@@H](O)C1(Sc2ccccc2)CC1. The second-order valence-corrected chi connectivity index (χ2v) is 6.88. The number of carbonyl (C=O) groups excluding carboxylic acids is 1. The van der Waals surface area contributed by atoms with E-state index >= 15 is 0 Å². The van der Waals surface area contributed by atoms with Crippen molar-refractivity contribution in [3.8, 4) is 0 Å². The van der Waals surface area contributed by atoms with Gasteiger partial charge in [-0.2, -0.15) is 0 Å². The molecule has 3 rings (SSSR count). The first-order valence-electron chi connectivity index (χ1n) is 6.66. The van der Waals surface area contributed by atoms with Crippen molar-refractivity contribution in [1.29, 1.82) is 0 Å². The molecule has 1 N–H and O–H groups in total. The predicted octanol–water partition coefficient (Wildman–Crippen LogP) is 3.04. The van der Waals surface area contributed by atoms with Gasteiger partial charge in [0.05, 0.1) is 6.10 Å². The van der Waals surface area contributed by atoms with Crippen molar-refractivity contribution in [3.63, 3.8) is 0 Å². The molecule has 96 valence electrons. The number of hydrogen-bond acceptors (Lipinski definition) is 3. The van der Waals surface area contributed by atoms with Crippen molar-refractivity contribution < 1.29 is 9.90 Å². The van der Waals surface area contributed by atoms with E-state index in [0.717, 1.165) is 25.7 Å². The van der Waals surface area contributed by atoms with Gasteiger partial charge in [-0.15, -0.1) is 11.8 Å². The minimum atomic E-state index is -0.460. The fourth-order valence-corrected chi connectivity index (χ4v) is 4.20. The van der Waals surface area contributed by atoms with E-state index in [2.05, 4.69) is 12.1 Å². The van der Waals surface area contributed by atoms with E-state index in [-0.39, 0.29) is 16.4 Å². The molecule has 2 fully saturated rings. The molecule has 0 spiro atoms. The van der Waals surface area contributed by atoms with Crippen molar-refractivity contribution in [1.82, 2.24) is 0 Å². The molecule has 0 aliphatic heterocycles. The smallest absolute Gasteiger partial charge is 0.138 e. The van der Waals surface area contributed by atoms with Crippen LogP contribution in [0.15, 0.2) is 35.2 Å². The quantitative estimate of drug-likeness (QED) is 0.906. The molecule has 0 bridgehead atoms. The standard InChI is InChI=1S/C15H18O2S/c16-13-8-4-7-12(13)14(17)15(9-10-15)18-11-5-2-1-3-6-11/h1-3,5-6,12,14,17H,4,7-10H2/t12?,14-/m1/s1. The van der Waals surface area contributed by atoms with Gasteiger partial charge in [-0.25, -0.2) is 0 Å². The lowest BCUT2D eigenvalue weighted by Gasteiger charge is -2.26. The Morgan fingerprint density at radius 2 is 2.00 bits per heavy atom. The first-order chi connectivity index (χ1) is 8.71. The van der Waals surface area contributed by atoms with Gasteiger partial charge in [0.2, 0.25) is 0 Å². The van der Waals surface area contributed by atoms with Crippen molar-refractivity contribution in [2.75, 3.05) is 0 Å². The number of ketones is 1. The molecule has 3 heteroatoms. The van der Waals surface area contributed by atoms with Gasteiger partial charge in [-0.3, -0.25) is 4.79 Å². The molecular weight excluding hydrogens is 244 g/mol. The summed E-state index contributed by atoms with van der Waals surface area (Å²) in [5.74, 6) is 0.158. The highest BCUT2D eigenvalue weighted by molar-refractivity contribution is 8.01. The summed E-state index contributed by atoms with van der Waals surface area (Å²) in [6.45, 7) is 0. The second-order valence-electron chi connectivity index (χ2n) is 5.39. The lowest BCUT2D eigenvalue weighted by Crippen LogP contribution is -2.35. The minimum Gasteiger partial charge on any atom is -0.391 e. The van der Waals surface area contributed by atoms with Crippen LogP contribution < -0.4 is 0 Å². The van der Waals surface area contributed by atoms with Crippen molar-refractivity contribution >= 4 is 17.5 Å². The number of aliphatic hydroxyl groups excluding tert-OH is 1. The third kappa shape index (κ3) is 2.21. The average molecular weight is 262 g/mol. The number of thioether (sulfide) groups is 1. The van der Waals surface area contributed by atoms with Crippen LogP contribution in [0.4, 0.5) is 0 Å². The van der Waals surface area contributed by atoms with Gasteiger partial charge in [0.1, 0.15) is 5.78 Å². The Balaban J connectivity index is 1.73. The summed E-state index contributed by atoms with van der Waals surface area (Å²) in [4.78, 5) is 13.0. The predicted molar refractivity (Wildman–Crippen MR) is 72.6 cm³/mol. The Hall–Kier alpha value is -0.800. The molecule has 2 saturated carbocycles. The van der Waals surface area contributed by atoms with Crippen LogP contribution in [-0.2, 0) is 4.79 Å². The molecule has 2 atom stereocenters. The third-order valence-electron chi connectivity index (χ3n) is 4.08. The number of carbonyl (C=O) groups is 1. The zero-order valence-electron chi connectivity index (χ0n) is 10.3. The molecule has 1 aromatic carbocycles. The number of benzene rings is 1. The molecule has 0 aromatic heterocycles. The first-order valence-corrected chi connectivity index (χ1v) is 7.48. The molecule has 2 aliphatic carbocycles. The maximum Gasteiger partial charge on any atom is 0.138 e. The van der Waals surface area contributed by atoms with E-state index in [0.29, 0.717) is 6.42 Å². The Morgan fingerprint density at radius 3 is 2.56 bits per heavy atom. The second kappa shape index (κ2) is 4.71. The maximum atomic E-state index is 11.8. The van der Waals surface area contributed by atoms with E-state index in [1.54, 1.807) is 11.8 Å². The summed E-state index contributed by atoms with van der Waals surface area (Å²) >= 11 is 1.75. The molecule has 1 aromatic rings. The molecule has 2 nitrogen and oxygen atoms in total. The van der Waals surface area contributed by atoms with Crippen LogP contribution in [-0.4, -0.2) is 21.7 Å². The number of aliphatic hydroxyl groups is 1. The van der Waals surface area contributed by atoms with Crippen LogP contribution >= 0.6 is 11.8 Å². The van der Waals surface area contributed by atoms with E-state index in [1.807, 2.05) is 18.2 Å². The van der Waals surface area contributed by atoms with Gasteiger partial charge in [0.15, 0.2) is 0 Å². The van der Waals surface area contributed by atoms with Gasteiger partial charge in [-0.05, 0) is 37.8 Å². The summed E-state index contributed by atoms with van der Waals surface area (Å²) in [7, 11) is 0. The van der Waals surface area contributed by atoms with Crippen LogP contribution in [0, 0.1) is 5.92 Å². The van der Waals surface area contributed by atoms with Gasteiger partial charge in [0, 0.05) is 22.0 Å². The zero-order valence-corrected chi connectivity index (χ0v) is 11.2. The summed E-state index contributed by atoms with van der Waals surface area (Å²) in [6.07, 6.45) is 4.07. The van der Waals surface area contributed by atoms with E-state index in [9.17, 15) is 9.90 Å². The maximum absolute atomic E-state index is 11.8. The van der Waals surface area contributed by atoms with E-state index in [4.69, 9.17) is 0 Å². The minimum absolute atomic E-state index is 0.0912. The molecule has 0 heterocycles. The van der Waals surface area contributed by atoms with Gasteiger partial charge in [0.25, 0.3) is 0 Å². The molecule has 2 aliphatic rings. The Kier molecular flexibility index (Phi) is 3.20. The molecular formula is C15H18O2S. The largest absolute Gasteiger partial charge is 0.391 e. The highest BCUT2D eigenvalue weighted by atomic mass is 32.2. The fraction of sp³-hybridized carbons (Fsp3) is 0.533. The third-order valence-corrected chi connectivity index (χ3v) is 5.64. The summed E-state index contributed by atoms with van der Waals surface area (Å²) in [6, 6.07) is 10.2.